The van der Waals surface area contributed by atoms with E-state index in [1.807, 2.05) is 19.9 Å². The number of benzene rings is 1. The summed E-state index contributed by atoms with van der Waals surface area (Å²) in [5, 5.41) is 0. The van der Waals surface area contributed by atoms with E-state index >= 15 is 0 Å². The molecular weight excluding hydrogens is 255 g/mol. The predicted molar refractivity (Wildman–Crippen MR) is 69.5 cm³/mol. The maximum Gasteiger partial charge on any atom is 0.429 e. The average Bonchev–Trinajstić information content (AvgIpc) is 2.38. The fourth-order valence-corrected chi connectivity index (χ4v) is 2.09. The van der Waals surface area contributed by atoms with E-state index in [9.17, 15) is 13.2 Å². The topological polar surface area (TPSA) is 12.5 Å². The van der Waals surface area contributed by atoms with Crippen molar-refractivity contribution < 1.29 is 17.9 Å². The summed E-state index contributed by atoms with van der Waals surface area (Å²) < 4.78 is 43.0. The van der Waals surface area contributed by atoms with Crippen LogP contribution >= 0.6 is 0 Å². The molecule has 2 rings (SSSR count). The van der Waals surface area contributed by atoms with Crippen LogP contribution in [0.4, 0.5) is 18.9 Å². The SMILES string of the molecule is CCN(CC)c1ccc2c(c1)OC(C(F)(F)F)C=C2. The van der Waals surface area contributed by atoms with Crippen LogP contribution in [0.5, 0.6) is 5.75 Å². The lowest BCUT2D eigenvalue weighted by molar-refractivity contribution is -0.180. The second kappa shape index (κ2) is 5.15. The minimum Gasteiger partial charge on any atom is -0.476 e. The van der Waals surface area contributed by atoms with Gasteiger partial charge in [-0.1, -0.05) is 6.08 Å². The lowest BCUT2D eigenvalue weighted by Crippen LogP contribution is -2.34. The van der Waals surface area contributed by atoms with Gasteiger partial charge in [0.15, 0.2) is 0 Å². The fraction of sp³-hybridized carbons (Fsp3) is 0.429. The number of alkyl halides is 3. The molecule has 0 N–H and O–H groups in total. The molecule has 0 aromatic heterocycles. The van der Waals surface area contributed by atoms with Crippen molar-refractivity contribution in [2.24, 2.45) is 0 Å². The summed E-state index contributed by atoms with van der Waals surface area (Å²) >= 11 is 0. The molecule has 1 aromatic rings. The van der Waals surface area contributed by atoms with Gasteiger partial charge in [0.05, 0.1) is 0 Å². The summed E-state index contributed by atoms with van der Waals surface area (Å²) in [5.74, 6) is 0.286. The average molecular weight is 271 g/mol. The molecule has 1 aromatic carbocycles. The molecule has 5 heteroatoms. The van der Waals surface area contributed by atoms with Crippen molar-refractivity contribution in [3.05, 3.63) is 29.8 Å². The van der Waals surface area contributed by atoms with Gasteiger partial charge in [-0.2, -0.15) is 13.2 Å². The summed E-state index contributed by atoms with van der Waals surface area (Å²) in [5.41, 5.74) is 1.55. The van der Waals surface area contributed by atoms with Gasteiger partial charge in [0, 0.05) is 30.4 Å². The van der Waals surface area contributed by atoms with Gasteiger partial charge in [0.25, 0.3) is 0 Å². The van der Waals surface area contributed by atoms with Gasteiger partial charge < -0.3 is 9.64 Å². The molecule has 0 amide bonds. The van der Waals surface area contributed by atoms with Gasteiger partial charge in [-0.05, 0) is 32.1 Å². The molecule has 1 atom stereocenters. The maximum atomic E-state index is 12.6. The summed E-state index contributed by atoms with van der Waals surface area (Å²) in [6.07, 6.45) is -3.73. The van der Waals surface area contributed by atoms with Crippen LogP contribution < -0.4 is 9.64 Å². The predicted octanol–water partition coefficient (Wildman–Crippen LogP) is 3.87. The second-order valence-electron chi connectivity index (χ2n) is 4.33. The van der Waals surface area contributed by atoms with Crippen LogP contribution in [0.2, 0.25) is 0 Å². The Labute approximate surface area is 110 Å². The van der Waals surface area contributed by atoms with E-state index < -0.39 is 12.3 Å². The van der Waals surface area contributed by atoms with Crippen molar-refractivity contribution in [3.63, 3.8) is 0 Å². The molecule has 1 heterocycles. The summed E-state index contributed by atoms with van der Waals surface area (Å²) in [4.78, 5) is 2.06. The number of nitrogens with zero attached hydrogens (tertiary/aromatic N) is 1. The third-order valence-corrected chi connectivity index (χ3v) is 3.15. The van der Waals surface area contributed by atoms with E-state index in [2.05, 4.69) is 4.90 Å². The van der Waals surface area contributed by atoms with E-state index in [1.54, 1.807) is 12.1 Å². The minimum absolute atomic E-state index is 0.286. The molecule has 0 radical (unpaired) electrons. The third kappa shape index (κ3) is 2.85. The van der Waals surface area contributed by atoms with Gasteiger partial charge in [-0.25, -0.2) is 0 Å². The Morgan fingerprint density at radius 2 is 1.89 bits per heavy atom. The van der Waals surface area contributed by atoms with Crippen LogP contribution in [0.25, 0.3) is 6.08 Å². The molecular formula is C14H16F3NO. The molecule has 2 nitrogen and oxygen atoms in total. The Morgan fingerprint density at radius 1 is 1.21 bits per heavy atom. The third-order valence-electron chi connectivity index (χ3n) is 3.15. The van der Waals surface area contributed by atoms with Gasteiger partial charge >= 0.3 is 6.18 Å². The molecule has 1 unspecified atom stereocenters. The highest BCUT2D eigenvalue weighted by Gasteiger charge is 2.41. The normalized spacial score (nSPS) is 17.8. The molecule has 0 spiro atoms. The molecule has 1 aliphatic heterocycles. The van der Waals surface area contributed by atoms with Crippen LogP contribution in [0, 0.1) is 0 Å². The molecule has 0 bridgehead atoms. The zero-order valence-electron chi connectivity index (χ0n) is 10.9. The monoisotopic (exact) mass is 271 g/mol. The van der Waals surface area contributed by atoms with E-state index in [1.165, 1.54) is 6.08 Å². The molecule has 104 valence electrons. The lowest BCUT2D eigenvalue weighted by Gasteiger charge is -2.26. The largest absolute Gasteiger partial charge is 0.476 e. The van der Waals surface area contributed by atoms with Crippen molar-refractivity contribution in [2.45, 2.75) is 26.1 Å². The number of rotatable bonds is 3. The summed E-state index contributed by atoms with van der Waals surface area (Å²) in [6, 6.07) is 5.35. The molecule has 0 saturated heterocycles. The summed E-state index contributed by atoms with van der Waals surface area (Å²) in [7, 11) is 0. The Bertz CT molecular complexity index is 478. The highest BCUT2D eigenvalue weighted by Crippen LogP contribution is 2.35. The Morgan fingerprint density at radius 3 is 2.47 bits per heavy atom. The highest BCUT2D eigenvalue weighted by atomic mass is 19.4. The second-order valence-corrected chi connectivity index (χ2v) is 4.33. The van der Waals surface area contributed by atoms with Crippen LogP contribution in [0.15, 0.2) is 24.3 Å². The van der Waals surface area contributed by atoms with Crippen molar-refractivity contribution in [1.29, 1.82) is 0 Å². The van der Waals surface area contributed by atoms with Crippen molar-refractivity contribution in [2.75, 3.05) is 18.0 Å². The molecule has 1 aliphatic rings. The zero-order valence-corrected chi connectivity index (χ0v) is 10.9. The van der Waals surface area contributed by atoms with Crippen molar-refractivity contribution >= 4 is 11.8 Å². The van der Waals surface area contributed by atoms with Gasteiger partial charge in [-0.3, -0.25) is 0 Å². The first kappa shape index (κ1) is 13.8. The quantitative estimate of drug-likeness (QED) is 0.827. The number of anilines is 1. The minimum atomic E-state index is -4.38. The fourth-order valence-electron chi connectivity index (χ4n) is 2.09. The van der Waals surface area contributed by atoms with E-state index in [0.717, 1.165) is 24.9 Å². The van der Waals surface area contributed by atoms with E-state index in [-0.39, 0.29) is 5.75 Å². The summed E-state index contributed by atoms with van der Waals surface area (Å²) in [6.45, 7) is 5.60. The Kier molecular flexibility index (Phi) is 3.73. The maximum absolute atomic E-state index is 12.6. The Balaban J connectivity index is 2.29. The zero-order chi connectivity index (χ0) is 14.0. The molecule has 0 aliphatic carbocycles. The van der Waals surface area contributed by atoms with Crippen molar-refractivity contribution in [1.82, 2.24) is 0 Å². The number of hydrogen-bond donors (Lipinski definition) is 0. The smallest absolute Gasteiger partial charge is 0.429 e. The first-order valence-corrected chi connectivity index (χ1v) is 6.26. The first-order chi connectivity index (χ1) is 8.95. The first-order valence-electron chi connectivity index (χ1n) is 6.26. The Hall–Kier alpha value is -1.65. The van der Waals surface area contributed by atoms with Gasteiger partial charge in [0.1, 0.15) is 5.75 Å². The van der Waals surface area contributed by atoms with Crippen LogP contribution in [0.1, 0.15) is 19.4 Å². The standard InChI is InChI=1S/C14H16F3NO/c1-3-18(4-2)11-7-5-10-6-8-13(14(15,16)17)19-12(10)9-11/h5-9,13H,3-4H2,1-2H3. The van der Waals surface area contributed by atoms with Crippen LogP contribution in [-0.2, 0) is 0 Å². The van der Waals surface area contributed by atoms with E-state index in [4.69, 9.17) is 4.74 Å². The van der Waals surface area contributed by atoms with Gasteiger partial charge in [0.2, 0.25) is 6.10 Å². The van der Waals surface area contributed by atoms with E-state index in [0.29, 0.717) is 5.56 Å². The van der Waals surface area contributed by atoms with Crippen LogP contribution in [0.3, 0.4) is 0 Å². The van der Waals surface area contributed by atoms with Gasteiger partial charge in [-0.15, -0.1) is 0 Å². The van der Waals surface area contributed by atoms with Crippen LogP contribution in [-0.4, -0.2) is 25.4 Å². The lowest BCUT2D eigenvalue weighted by atomic mass is 10.1. The molecule has 19 heavy (non-hydrogen) atoms. The molecule has 0 fully saturated rings. The van der Waals surface area contributed by atoms with Crippen molar-refractivity contribution in [3.8, 4) is 5.75 Å². The number of halogens is 3. The molecule has 0 saturated carbocycles. The number of ether oxygens (including phenoxy) is 1. The highest BCUT2D eigenvalue weighted by molar-refractivity contribution is 5.65. The number of hydrogen-bond acceptors (Lipinski definition) is 2. The number of fused-ring (bicyclic) bond motifs is 1.